The quantitative estimate of drug-likeness (QED) is 0.674. The number of amides is 1. The van der Waals surface area contributed by atoms with Crippen LogP contribution in [-0.4, -0.2) is 33.6 Å². The molecule has 7 nitrogen and oxygen atoms in total. The first-order valence-electron chi connectivity index (χ1n) is 8.56. The Bertz CT molecular complexity index is 962. The van der Waals surface area contributed by atoms with E-state index in [-0.39, 0.29) is 24.2 Å². The van der Waals surface area contributed by atoms with Crippen molar-refractivity contribution in [2.24, 2.45) is 5.73 Å². The third-order valence-electron chi connectivity index (χ3n) is 3.84. The minimum atomic E-state index is -0.661. The van der Waals surface area contributed by atoms with Gasteiger partial charge in [0.1, 0.15) is 35.8 Å². The van der Waals surface area contributed by atoms with Crippen LogP contribution in [0.1, 0.15) is 23.2 Å². The minimum absolute atomic E-state index is 0.0905. The molecular formula is C20H19FN4O3. The molecular weight excluding hydrogens is 363 g/mol. The first kappa shape index (κ1) is 19.2. The molecule has 0 bridgehead atoms. The number of carbonyl (C=O) groups excluding carboxylic acids is 1. The van der Waals surface area contributed by atoms with Gasteiger partial charge < -0.3 is 15.2 Å². The van der Waals surface area contributed by atoms with E-state index < -0.39 is 5.91 Å². The fourth-order valence-corrected chi connectivity index (χ4v) is 2.46. The zero-order valence-electron chi connectivity index (χ0n) is 15.4. The van der Waals surface area contributed by atoms with Crippen molar-refractivity contribution < 1.29 is 18.7 Å². The number of aromatic nitrogens is 3. The average molecular weight is 382 g/mol. The lowest BCUT2D eigenvalue weighted by Crippen LogP contribution is -2.22. The second kappa shape index (κ2) is 8.43. The van der Waals surface area contributed by atoms with Crippen LogP contribution in [0.15, 0.2) is 48.9 Å². The van der Waals surface area contributed by atoms with Gasteiger partial charge in [-0.25, -0.2) is 19.3 Å². The molecule has 0 aliphatic carbocycles. The second-order valence-electron chi connectivity index (χ2n) is 6.14. The Morgan fingerprint density at radius 2 is 1.82 bits per heavy atom. The van der Waals surface area contributed by atoms with Crippen LogP contribution in [0, 0.1) is 12.7 Å². The van der Waals surface area contributed by atoms with Gasteiger partial charge in [-0.2, -0.15) is 0 Å². The van der Waals surface area contributed by atoms with Crippen LogP contribution in [0.2, 0.25) is 0 Å². The van der Waals surface area contributed by atoms with E-state index in [1.165, 1.54) is 24.4 Å². The summed E-state index contributed by atoms with van der Waals surface area (Å²) in [7, 11) is 0. The molecule has 2 heterocycles. The van der Waals surface area contributed by atoms with E-state index in [0.29, 0.717) is 28.5 Å². The monoisotopic (exact) mass is 382 g/mol. The van der Waals surface area contributed by atoms with E-state index in [0.717, 1.165) is 0 Å². The van der Waals surface area contributed by atoms with Crippen molar-refractivity contribution in [2.75, 3.05) is 6.61 Å². The molecule has 2 aromatic heterocycles. The molecule has 1 amide bonds. The van der Waals surface area contributed by atoms with Crippen LogP contribution in [0.4, 0.5) is 4.39 Å². The number of nitrogens with two attached hydrogens (primary N) is 1. The number of halogens is 1. The number of hydrogen-bond acceptors (Lipinski definition) is 6. The van der Waals surface area contributed by atoms with Gasteiger partial charge in [-0.3, -0.25) is 4.79 Å². The Kier molecular flexibility index (Phi) is 5.78. The van der Waals surface area contributed by atoms with Crippen molar-refractivity contribution >= 4 is 5.91 Å². The summed E-state index contributed by atoms with van der Waals surface area (Å²) in [5.74, 6) is 0.583. The summed E-state index contributed by atoms with van der Waals surface area (Å²) in [5.41, 5.74) is 6.66. The smallest absolute Gasteiger partial charge is 0.267 e. The molecule has 0 saturated carbocycles. The van der Waals surface area contributed by atoms with Crippen molar-refractivity contribution in [1.29, 1.82) is 0 Å². The van der Waals surface area contributed by atoms with Crippen LogP contribution in [0.5, 0.6) is 11.5 Å². The van der Waals surface area contributed by atoms with Gasteiger partial charge in [0, 0.05) is 5.56 Å². The van der Waals surface area contributed by atoms with Gasteiger partial charge in [0.05, 0.1) is 18.6 Å². The number of pyridine rings is 1. The zero-order valence-corrected chi connectivity index (χ0v) is 15.4. The van der Waals surface area contributed by atoms with E-state index in [4.69, 9.17) is 15.2 Å². The van der Waals surface area contributed by atoms with E-state index in [1.807, 2.05) is 6.92 Å². The van der Waals surface area contributed by atoms with Gasteiger partial charge in [-0.1, -0.05) is 12.1 Å². The molecule has 1 unspecified atom stereocenters. The summed E-state index contributed by atoms with van der Waals surface area (Å²) >= 11 is 0. The largest absolute Gasteiger partial charge is 0.487 e. The molecule has 1 atom stereocenters. The third kappa shape index (κ3) is 4.79. The number of aryl methyl sites for hydroxylation is 1. The topological polar surface area (TPSA) is 100 Å². The number of primary amides is 1. The lowest BCUT2D eigenvalue weighted by molar-refractivity contribution is 0.0995. The van der Waals surface area contributed by atoms with Crippen LogP contribution in [0.3, 0.4) is 0 Å². The number of benzene rings is 1. The number of rotatable bonds is 7. The highest BCUT2D eigenvalue weighted by Crippen LogP contribution is 2.30. The van der Waals surface area contributed by atoms with E-state index >= 15 is 0 Å². The standard InChI is InChI=1S/C20H19FN4O3/c1-12(28-16-8-23-13(2)24-9-16)11-27-19-10-25-18(20(22)26)7-17(19)14-3-5-15(21)6-4-14/h3-10,12H,11H2,1-2H3,(H2,22,26). The highest BCUT2D eigenvalue weighted by atomic mass is 19.1. The zero-order chi connectivity index (χ0) is 20.1. The van der Waals surface area contributed by atoms with Crippen molar-refractivity contribution in [2.45, 2.75) is 20.0 Å². The molecule has 3 rings (SSSR count). The normalized spacial score (nSPS) is 11.7. The van der Waals surface area contributed by atoms with Crippen LogP contribution in [-0.2, 0) is 0 Å². The van der Waals surface area contributed by atoms with Gasteiger partial charge in [-0.05, 0) is 37.6 Å². The first-order valence-corrected chi connectivity index (χ1v) is 8.56. The molecule has 0 saturated heterocycles. The Labute approximate surface area is 161 Å². The summed E-state index contributed by atoms with van der Waals surface area (Å²) in [6, 6.07) is 7.35. The summed E-state index contributed by atoms with van der Waals surface area (Å²) in [6.45, 7) is 3.83. The van der Waals surface area contributed by atoms with Crippen LogP contribution >= 0.6 is 0 Å². The molecule has 28 heavy (non-hydrogen) atoms. The first-order chi connectivity index (χ1) is 13.4. The highest BCUT2D eigenvalue weighted by molar-refractivity contribution is 5.92. The predicted octanol–water partition coefficient (Wildman–Crippen LogP) is 2.93. The Morgan fingerprint density at radius 1 is 1.14 bits per heavy atom. The summed E-state index contributed by atoms with van der Waals surface area (Å²) in [5, 5.41) is 0. The molecule has 0 aliphatic heterocycles. The van der Waals surface area contributed by atoms with Gasteiger partial charge in [0.25, 0.3) is 5.91 Å². The molecule has 8 heteroatoms. The average Bonchev–Trinajstić information content (AvgIpc) is 2.68. The van der Waals surface area contributed by atoms with Gasteiger partial charge in [0.2, 0.25) is 0 Å². The summed E-state index contributed by atoms with van der Waals surface area (Å²) in [6.07, 6.45) is 4.29. The molecule has 3 aromatic rings. The van der Waals surface area contributed by atoms with Gasteiger partial charge in [-0.15, -0.1) is 0 Å². The van der Waals surface area contributed by atoms with E-state index in [9.17, 15) is 9.18 Å². The van der Waals surface area contributed by atoms with E-state index in [1.54, 1.807) is 31.5 Å². The highest BCUT2D eigenvalue weighted by Gasteiger charge is 2.14. The maximum absolute atomic E-state index is 13.3. The van der Waals surface area contributed by atoms with Crippen molar-refractivity contribution in [1.82, 2.24) is 15.0 Å². The number of hydrogen-bond donors (Lipinski definition) is 1. The van der Waals surface area contributed by atoms with Crippen molar-refractivity contribution in [3.63, 3.8) is 0 Å². The summed E-state index contributed by atoms with van der Waals surface area (Å²) < 4.78 is 24.8. The molecule has 2 N–H and O–H groups in total. The van der Waals surface area contributed by atoms with Gasteiger partial charge in [0.15, 0.2) is 5.75 Å². The lowest BCUT2D eigenvalue weighted by Gasteiger charge is -2.17. The van der Waals surface area contributed by atoms with Crippen molar-refractivity contribution in [3.8, 4) is 22.6 Å². The minimum Gasteiger partial charge on any atom is -0.487 e. The van der Waals surface area contributed by atoms with Gasteiger partial charge >= 0.3 is 0 Å². The molecule has 0 fully saturated rings. The van der Waals surface area contributed by atoms with Crippen molar-refractivity contribution in [3.05, 3.63) is 66.3 Å². The van der Waals surface area contributed by atoms with Crippen LogP contribution in [0.25, 0.3) is 11.1 Å². The molecule has 0 spiro atoms. The molecule has 1 aromatic carbocycles. The fraction of sp³-hybridized carbons (Fsp3) is 0.200. The third-order valence-corrected chi connectivity index (χ3v) is 3.84. The SMILES string of the molecule is Cc1ncc(OC(C)COc2cnc(C(N)=O)cc2-c2ccc(F)cc2)cn1. The Morgan fingerprint density at radius 3 is 2.46 bits per heavy atom. The number of carbonyl (C=O) groups is 1. The Balaban J connectivity index is 1.77. The molecule has 0 aliphatic rings. The lowest BCUT2D eigenvalue weighted by atomic mass is 10.0. The summed E-state index contributed by atoms with van der Waals surface area (Å²) in [4.78, 5) is 23.6. The van der Waals surface area contributed by atoms with E-state index in [2.05, 4.69) is 15.0 Å². The fourth-order valence-electron chi connectivity index (χ4n) is 2.46. The molecule has 144 valence electrons. The second-order valence-corrected chi connectivity index (χ2v) is 6.14. The predicted molar refractivity (Wildman–Crippen MR) is 101 cm³/mol. The number of ether oxygens (including phenoxy) is 2. The Hall–Kier alpha value is -3.55. The molecule has 0 radical (unpaired) electrons. The van der Waals surface area contributed by atoms with Crippen LogP contribution < -0.4 is 15.2 Å². The number of nitrogens with zero attached hydrogens (tertiary/aromatic N) is 3. The maximum Gasteiger partial charge on any atom is 0.267 e. The maximum atomic E-state index is 13.3.